The van der Waals surface area contributed by atoms with Crippen LogP contribution in [0.4, 0.5) is 0 Å². The van der Waals surface area contributed by atoms with Crippen LogP contribution >= 0.6 is 0 Å². The number of piperidine rings is 1. The van der Waals surface area contributed by atoms with Crippen LogP contribution in [0.1, 0.15) is 59.3 Å². The number of carbonyl (C=O) groups excluding carboxylic acids is 1. The average Bonchev–Trinajstić information content (AvgIpc) is 2.88. The van der Waals surface area contributed by atoms with E-state index in [1.54, 1.807) is 0 Å². The van der Waals surface area contributed by atoms with E-state index < -0.39 is 0 Å². The summed E-state index contributed by atoms with van der Waals surface area (Å²) >= 11 is 0. The van der Waals surface area contributed by atoms with Gasteiger partial charge in [-0.15, -0.1) is 0 Å². The van der Waals surface area contributed by atoms with Gasteiger partial charge in [-0.25, -0.2) is 0 Å². The molecule has 0 N–H and O–H groups in total. The zero-order valence-corrected chi connectivity index (χ0v) is 20.8. The van der Waals surface area contributed by atoms with Gasteiger partial charge in [0.2, 0.25) is 0 Å². The van der Waals surface area contributed by atoms with Gasteiger partial charge in [0, 0.05) is 38.3 Å². The Morgan fingerprint density at radius 2 is 1.29 bits per heavy atom. The van der Waals surface area contributed by atoms with Crippen molar-refractivity contribution >= 4 is 11.5 Å². The number of hydrogen-bond donors (Lipinski definition) is 0. The van der Waals surface area contributed by atoms with Crippen LogP contribution in [0.3, 0.4) is 0 Å². The molecule has 1 saturated heterocycles. The van der Waals surface area contributed by atoms with Crippen molar-refractivity contribution in [1.29, 1.82) is 0 Å². The number of amides is 1. The van der Waals surface area contributed by atoms with Gasteiger partial charge in [0.1, 0.15) is 0 Å². The minimum absolute atomic E-state index is 0.107. The van der Waals surface area contributed by atoms with E-state index in [1.807, 2.05) is 30.9 Å². The molecule has 1 aliphatic rings. The number of hydrogen-bond acceptors (Lipinski definition) is 2. The predicted molar refractivity (Wildman–Crippen MR) is 142 cm³/mol. The standard InChI is InChI=1S/C31H36N2O/c1-4-33(5-2)31(34)29-17-15-27(16-18-29)30(26-13-11-24(3)12-14-26)28-19-21-32(22-20-28)23-25-9-7-6-8-10-25/h6-18H,4-5,19-23H2,1-3H3. The Morgan fingerprint density at radius 3 is 1.85 bits per heavy atom. The van der Waals surface area contributed by atoms with Crippen LogP contribution in [0.15, 0.2) is 84.4 Å². The predicted octanol–water partition coefficient (Wildman–Crippen LogP) is 6.57. The third-order valence-electron chi connectivity index (χ3n) is 6.87. The molecule has 0 aromatic heterocycles. The molecule has 3 aromatic rings. The SMILES string of the molecule is CCN(CC)C(=O)c1ccc(C(=C2CCN(Cc3ccccc3)CC2)c2ccc(C)cc2)cc1. The number of carbonyl (C=O) groups is 1. The first kappa shape index (κ1) is 24.0. The van der Waals surface area contributed by atoms with Gasteiger partial charge in [0.15, 0.2) is 0 Å². The second-order valence-corrected chi connectivity index (χ2v) is 9.16. The molecule has 34 heavy (non-hydrogen) atoms. The van der Waals surface area contributed by atoms with Gasteiger partial charge in [-0.1, -0.05) is 77.9 Å². The maximum atomic E-state index is 12.8. The van der Waals surface area contributed by atoms with Gasteiger partial charge >= 0.3 is 0 Å². The molecule has 0 saturated carbocycles. The molecule has 0 bridgehead atoms. The highest BCUT2D eigenvalue weighted by Crippen LogP contribution is 2.33. The summed E-state index contributed by atoms with van der Waals surface area (Å²) in [5.41, 5.74) is 8.72. The molecular weight excluding hydrogens is 416 g/mol. The van der Waals surface area contributed by atoms with Gasteiger partial charge in [-0.2, -0.15) is 0 Å². The molecule has 0 aliphatic carbocycles. The van der Waals surface area contributed by atoms with E-state index in [9.17, 15) is 4.79 Å². The largest absolute Gasteiger partial charge is 0.339 e. The normalized spacial score (nSPS) is 14.1. The van der Waals surface area contributed by atoms with Crippen LogP contribution in [-0.4, -0.2) is 41.9 Å². The Hall–Kier alpha value is -3.17. The lowest BCUT2D eigenvalue weighted by molar-refractivity contribution is 0.0773. The zero-order chi connectivity index (χ0) is 23.9. The van der Waals surface area contributed by atoms with Gasteiger partial charge in [0.25, 0.3) is 5.91 Å². The number of nitrogens with zero attached hydrogens (tertiary/aromatic N) is 2. The summed E-state index contributed by atoms with van der Waals surface area (Å²) in [5, 5.41) is 0. The minimum Gasteiger partial charge on any atom is -0.339 e. The van der Waals surface area contributed by atoms with Crippen LogP contribution in [0.25, 0.3) is 5.57 Å². The van der Waals surface area contributed by atoms with Crippen LogP contribution in [0.2, 0.25) is 0 Å². The van der Waals surface area contributed by atoms with Gasteiger partial charge < -0.3 is 4.90 Å². The fraction of sp³-hybridized carbons (Fsp3) is 0.323. The van der Waals surface area contributed by atoms with Gasteiger partial charge in [-0.05, 0) is 68.0 Å². The topological polar surface area (TPSA) is 23.6 Å². The maximum absolute atomic E-state index is 12.8. The molecule has 0 atom stereocenters. The first-order valence-electron chi connectivity index (χ1n) is 12.5. The van der Waals surface area contributed by atoms with E-state index in [-0.39, 0.29) is 5.91 Å². The number of likely N-dealkylation sites (tertiary alicyclic amines) is 1. The lowest BCUT2D eigenvalue weighted by atomic mass is 9.87. The molecule has 3 aromatic carbocycles. The lowest BCUT2D eigenvalue weighted by Gasteiger charge is -2.30. The van der Waals surface area contributed by atoms with Crippen molar-refractivity contribution in [3.63, 3.8) is 0 Å². The monoisotopic (exact) mass is 452 g/mol. The van der Waals surface area contributed by atoms with Crippen molar-refractivity contribution in [2.75, 3.05) is 26.2 Å². The molecule has 0 radical (unpaired) electrons. The second kappa shape index (κ2) is 11.3. The van der Waals surface area contributed by atoms with Crippen molar-refractivity contribution in [3.8, 4) is 0 Å². The number of rotatable bonds is 7. The Balaban J connectivity index is 1.60. The van der Waals surface area contributed by atoms with E-state index in [1.165, 1.54) is 33.4 Å². The number of benzene rings is 3. The van der Waals surface area contributed by atoms with E-state index in [0.717, 1.165) is 51.1 Å². The van der Waals surface area contributed by atoms with E-state index in [0.29, 0.717) is 0 Å². The molecule has 0 unspecified atom stereocenters. The Morgan fingerprint density at radius 1 is 0.765 bits per heavy atom. The summed E-state index contributed by atoms with van der Waals surface area (Å²) in [5.74, 6) is 0.107. The van der Waals surface area contributed by atoms with Crippen LogP contribution in [-0.2, 0) is 6.54 Å². The summed E-state index contributed by atoms with van der Waals surface area (Å²) in [4.78, 5) is 17.2. The summed E-state index contributed by atoms with van der Waals surface area (Å²) < 4.78 is 0. The van der Waals surface area contributed by atoms with Crippen molar-refractivity contribution in [1.82, 2.24) is 9.80 Å². The average molecular weight is 453 g/mol. The summed E-state index contributed by atoms with van der Waals surface area (Å²) in [6.07, 6.45) is 2.13. The molecule has 176 valence electrons. The highest BCUT2D eigenvalue weighted by molar-refractivity contribution is 5.95. The molecule has 3 heteroatoms. The smallest absolute Gasteiger partial charge is 0.253 e. The Labute approximate surface area is 204 Å². The zero-order valence-electron chi connectivity index (χ0n) is 20.8. The highest BCUT2D eigenvalue weighted by Gasteiger charge is 2.20. The first-order chi connectivity index (χ1) is 16.6. The van der Waals surface area contributed by atoms with Crippen molar-refractivity contribution < 1.29 is 4.79 Å². The maximum Gasteiger partial charge on any atom is 0.253 e. The molecule has 1 fully saturated rings. The minimum atomic E-state index is 0.107. The lowest BCUT2D eigenvalue weighted by Crippen LogP contribution is -2.30. The van der Waals surface area contributed by atoms with Gasteiger partial charge in [0.05, 0.1) is 0 Å². The second-order valence-electron chi connectivity index (χ2n) is 9.16. The van der Waals surface area contributed by atoms with E-state index in [2.05, 4.69) is 78.6 Å². The Kier molecular flexibility index (Phi) is 7.97. The summed E-state index contributed by atoms with van der Waals surface area (Å²) in [6.45, 7) is 10.8. The fourth-order valence-corrected chi connectivity index (χ4v) is 4.84. The number of aryl methyl sites for hydroxylation is 1. The molecule has 1 amide bonds. The van der Waals surface area contributed by atoms with Crippen LogP contribution in [0.5, 0.6) is 0 Å². The first-order valence-corrected chi connectivity index (χ1v) is 12.5. The molecule has 4 rings (SSSR count). The van der Waals surface area contributed by atoms with Crippen molar-refractivity contribution in [3.05, 3.63) is 112 Å². The highest BCUT2D eigenvalue weighted by atomic mass is 16.2. The van der Waals surface area contributed by atoms with Crippen molar-refractivity contribution in [2.24, 2.45) is 0 Å². The fourth-order valence-electron chi connectivity index (χ4n) is 4.84. The van der Waals surface area contributed by atoms with Crippen molar-refractivity contribution in [2.45, 2.75) is 40.2 Å². The van der Waals surface area contributed by atoms with Gasteiger partial charge in [-0.3, -0.25) is 9.69 Å². The molecule has 1 heterocycles. The molecule has 3 nitrogen and oxygen atoms in total. The quantitative estimate of drug-likeness (QED) is 0.404. The third-order valence-corrected chi connectivity index (χ3v) is 6.87. The molecular formula is C31H36N2O. The van der Waals surface area contributed by atoms with E-state index in [4.69, 9.17) is 0 Å². The summed E-state index contributed by atoms with van der Waals surface area (Å²) in [6, 6.07) is 27.9. The third kappa shape index (κ3) is 5.66. The van der Waals surface area contributed by atoms with Crippen LogP contribution < -0.4 is 0 Å². The van der Waals surface area contributed by atoms with Crippen LogP contribution in [0, 0.1) is 6.92 Å². The Bertz CT molecular complexity index is 1100. The van der Waals surface area contributed by atoms with E-state index >= 15 is 0 Å². The summed E-state index contributed by atoms with van der Waals surface area (Å²) in [7, 11) is 0. The molecule has 0 spiro atoms. The molecule has 1 aliphatic heterocycles.